The van der Waals surface area contributed by atoms with Gasteiger partial charge in [0.25, 0.3) is 0 Å². The molecule has 1 saturated heterocycles. The number of aryl methyl sites for hydroxylation is 1. The van der Waals surface area contributed by atoms with E-state index in [0.717, 1.165) is 48.6 Å². The number of nitrogens with zero attached hydrogens (tertiary/aromatic N) is 3. The molecule has 4 nitrogen and oxygen atoms in total. The number of pyridine rings is 1. The van der Waals surface area contributed by atoms with Crippen LogP contribution in [-0.4, -0.2) is 53.3 Å². The van der Waals surface area contributed by atoms with Crippen molar-refractivity contribution in [3.8, 4) is 0 Å². The van der Waals surface area contributed by atoms with Crippen molar-refractivity contribution >= 4 is 21.7 Å². The van der Waals surface area contributed by atoms with E-state index in [4.69, 9.17) is 0 Å². The van der Waals surface area contributed by atoms with Crippen molar-refractivity contribution in [2.45, 2.75) is 26.4 Å². The van der Waals surface area contributed by atoms with Gasteiger partial charge in [-0.1, -0.05) is 0 Å². The van der Waals surface area contributed by atoms with Gasteiger partial charge in [0, 0.05) is 38.9 Å². The number of halogens is 1. The van der Waals surface area contributed by atoms with Gasteiger partial charge in [-0.3, -0.25) is 4.90 Å². The summed E-state index contributed by atoms with van der Waals surface area (Å²) in [6.45, 7) is 10.3. The summed E-state index contributed by atoms with van der Waals surface area (Å²) in [5.74, 6) is 1.02. The maximum absolute atomic E-state index is 9.85. The molecular formula is C14H22BrN3O. The van der Waals surface area contributed by atoms with Crippen LogP contribution in [0.1, 0.15) is 19.4 Å². The van der Waals surface area contributed by atoms with Gasteiger partial charge in [-0.25, -0.2) is 4.98 Å². The summed E-state index contributed by atoms with van der Waals surface area (Å²) in [6.07, 6.45) is 1.91. The summed E-state index contributed by atoms with van der Waals surface area (Å²) in [6, 6.07) is 2.10. The molecule has 0 bridgehead atoms. The summed E-state index contributed by atoms with van der Waals surface area (Å²) >= 11 is 3.59. The molecule has 1 fully saturated rings. The van der Waals surface area contributed by atoms with Gasteiger partial charge in [0.15, 0.2) is 0 Å². The van der Waals surface area contributed by atoms with Crippen molar-refractivity contribution in [1.29, 1.82) is 0 Å². The average Bonchev–Trinajstić information content (AvgIpc) is 2.28. The predicted molar refractivity (Wildman–Crippen MR) is 81.6 cm³/mol. The number of aliphatic hydroxyl groups is 1. The fourth-order valence-corrected chi connectivity index (χ4v) is 3.14. The zero-order valence-corrected chi connectivity index (χ0v) is 13.4. The molecule has 0 unspecified atom stereocenters. The molecule has 5 heteroatoms. The van der Waals surface area contributed by atoms with Crippen LogP contribution in [0.15, 0.2) is 16.7 Å². The lowest BCUT2D eigenvalue weighted by Crippen LogP contribution is -2.50. The van der Waals surface area contributed by atoms with Crippen molar-refractivity contribution in [3.63, 3.8) is 0 Å². The minimum atomic E-state index is -0.620. The molecule has 0 aromatic carbocycles. The highest BCUT2D eigenvalue weighted by atomic mass is 79.9. The fraction of sp³-hybridized carbons (Fsp3) is 0.643. The Morgan fingerprint density at radius 2 is 1.95 bits per heavy atom. The third-order valence-electron chi connectivity index (χ3n) is 3.24. The van der Waals surface area contributed by atoms with E-state index in [2.05, 4.69) is 36.8 Å². The standard InChI is InChI=1S/C14H22BrN3O/c1-11-8-12(15)13(16-9-11)18-6-4-17(5-7-18)10-14(2,3)19/h8-9,19H,4-7,10H2,1-3H3. The summed E-state index contributed by atoms with van der Waals surface area (Å²) < 4.78 is 1.06. The van der Waals surface area contributed by atoms with Crippen LogP contribution >= 0.6 is 15.9 Å². The van der Waals surface area contributed by atoms with Gasteiger partial charge in [-0.05, 0) is 48.3 Å². The molecule has 0 saturated carbocycles. The van der Waals surface area contributed by atoms with Gasteiger partial charge in [0.2, 0.25) is 0 Å². The number of hydrogen-bond donors (Lipinski definition) is 1. The Morgan fingerprint density at radius 1 is 1.32 bits per heavy atom. The number of piperazine rings is 1. The molecule has 19 heavy (non-hydrogen) atoms. The molecule has 1 aliphatic rings. The van der Waals surface area contributed by atoms with E-state index in [1.807, 2.05) is 27.0 Å². The first-order chi connectivity index (χ1) is 8.85. The Kier molecular flexibility index (Phi) is 4.48. The summed E-state index contributed by atoms with van der Waals surface area (Å²) in [4.78, 5) is 9.11. The first-order valence-corrected chi connectivity index (χ1v) is 7.46. The normalized spacial score (nSPS) is 17.8. The fourth-order valence-electron chi connectivity index (χ4n) is 2.42. The molecule has 0 radical (unpaired) electrons. The van der Waals surface area contributed by atoms with E-state index in [1.54, 1.807) is 0 Å². The first-order valence-electron chi connectivity index (χ1n) is 6.67. The highest BCUT2D eigenvalue weighted by Crippen LogP contribution is 2.25. The summed E-state index contributed by atoms with van der Waals surface area (Å²) in [7, 11) is 0. The highest BCUT2D eigenvalue weighted by molar-refractivity contribution is 9.10. The van der Waals surface area contributed by atoms with E-state index < -0.39 is 5.60 Å². The Labute approximate surface area is 123 Å². The molecule has 0 aliphatic carbocycles. The van der Waals surface area contributed by atoms with Crippen LogP contribution in [-0.2, 0) is 0 Å². The lowest BCUT2D eigenvalue weighted by atomic mass is 10.1. The molecule has 0 amide bonds. The van der Waals surface area contributed by atoms with E-state index in [9.17, 15) is 5.11 Å². The largest absolute Gasteiger partial charge is 0.389 e. The average molecular weight is 328 g/mol. The van der Waals surface area contributed by atoms with E-state index >= 15 is 0 Å². The Hall–Kier alpha value is -0.650. The molecule has 1 aliphatic heterocycles. The maximum Gasteiger partial charge on any atom is 0.142 e. The number of hydrogen-bond acceptors (Lipinski definition) is 4. The molecular weight excluding hydrogens is 306 g/mol. The molecule has 2 heterocycles. The lowest BCUT2D eigenvalue weighted by Gasteiger charge is -2.38. The second-order valence-corrected chi connectivity index (χ2v) is 6.75. The molecule has 1 aromatic rings. The van der Waals surface area contributed by atoms with Crippen molar-refractivity contribution in [3.05, 3.63) is 22.3 Å². The van der Waals surface area contributed by atoms with Crippen LogP contribution in [0.2, 0.25) is 0 Å². The van der Waals surface area contributed by atoms with Crippen molar-refractivity contribution in [2.75, 3.05) is 37.6 Å². The van der Waals surface area contributed by atoms with Gasteiger partial charge >= 0.3 is 0 Å². The number of anilines is 1. The van der Waals surface area contributed by atoms with Crippen LogP contribution < -0.4 is 4.90 Å². The van der Waals surface area contributed by atoms with E-state index in [1.165, 1.54) is 0 Å². The van der Waals surface area contributed by atoms with Crippen molar-refractivity contribution < 1.29 is 5.11 Å². The summed E-state index contributed by atoms with van der Waals surface area (Å²) in [5, 5.41) is 9.85. The van der Waals surface area contributed by atoms with Crippen LogP contribution in [0.25, 0.3) is 0 Å². The van der Waals surface area contributed by atoms with Gasteiger partial charge in [0.05, 0.1) is 10.1 Å². The molecule has 106 valence electrons. The zero-order chi connectivity index (χ0) is 14.0. The second kappa shape index (κ2) is 5.77. The number of rotatable bonds is 3. The lowest BCUT2D eigenvalue weighted by molar-refractivity contribution is 0.0344. The quantitative estimate of drug-likeness (QED) is 0.922. The van der Waals surface area contributed by atoms with Gasteiger partial charge < -0.3 is 10.0 Å². The first kappa shape index (κ1) is 14.8. The Morgan fingerprint density at radius 3 is 2.47 bits per heavy atom. The third-order valence-corrected chi connectivity index (χ3v) is 3.82. The molecule has 2 rings (SSSR count). The topological polar surface area (TPSA) is 39.6 Å². The van der Waals surface area contributed by atoms with E-state index in [-0.39, 0.29) is 0 Å². The van der Waals surface area contributed by atoms with Gasteiger partial charge in [-0.15, -0.1) is 0 Å². The SMILES string of the molecule is Cc1cnc(N2CCN(CC(C)(C)O)CC2)c(Br)c1. The molecule has 1 aromatic heterocycles. The Balaban J connectivity index is 1.96. The second-order valence-electron chi connectivity index (χ2n) is 5.89. The molecule has 0 atom stereocenters. The van der Waals surface area contributed by atoms with Crippen LogP contribution in [0.5, 0.6) is 0 Å². The van der Waals surface area contributed by atoms with Crippen LogP contribution in [0.3, 0.4) is 0 Å². The smallest absolute Gasteiger partial charge is 0.142 e. The van der Waals surface area contributed by atoms with E-state index in [0.29, 0.717) is 0 Å². The van der Waals surface area contributed by atoms with Crippen LogP contribution in [0.4, 0.5) is 5.82 Å². The number of β-amino-alcohol motifs (C(OH)–C–C–N with tert-alkyl or cyclic N) is 1. The molecule has 0 spiro atoms. The van der Waals surface area contributed by atoms with Crippen molar-refractivity contribution in [2.24, 2.45) is 0 Å². The predicted octanol–water partition coefficient (Wildman–Crippen LogP) is 2.05. The minimum Gasteiger partial charge on any atom is -0.389 e. The Bertz CT molecular complexity index is 437. The zero-order valence-electron chi connectivity index (χ0n) is 11.9. The van der Waals surface area contributed by atoms with Gasteiger partial charge in [0.1, 0.15) is 5.82 Å². The van der Waals surface area contributed by atoms with Crippen LogP contribution in [0, 0.1) is 6.92 Å². The molecule has 1 N–H and O–H groups in total. The van der Waals surface area contributed by atoms with Crippen molar-refractivity contribution in [1.82, 2.24) is 9.88 Å². The highest BCUT2D eigenvalue weighted by Gasteiger charge is 2.24. The maximum atomic E-state index is 9.85. The minimum absolute atomic E-state index is 0.620. The van der Waals surface area contributed by atoms with Gasteiger partial charge in [-0.2, -0.15) is 0 Å². The third kappa shape index (κ3) is 4.16. The number of aromatic nitrogens is 1. The summed E-state index contributed by atoms with van der Waals surface area (Å²) in [5.41, 5.74) is 0.543. The monoisotopic (exact) mass is 327 g/mol.